The van der Waals surface area contributed by atoms with E-state index in [9.17, 15) is 9.90 Å². The Labute approximate surface area is 155 Å². The molecule has 1 aromatic heterocycles. The first kappa shape index (κ1) is 16.7. The number of allylic oxidation sites excluding steroid dienone is 2. The molecule has 4 aromatic rings. The van der Waals surface area contributed by atoms with Gasteiger partial charge in [-0.05, 0) is 41.5 Å². The zero-order chi connectivity index (χ0) is 18.8. The summed E-state index contributed by atoms with van der Waals surface area (Å²) in [4.78, 5) is 11.1. The molecule has 0 saturated heterocycles. The van der Waals surface area contributed by atoms with Gasteiger partial charge < -0.3 is 14.6 Å². The van der Waals surface area contributed by atoms with Crippen LogP contribution in [0, 0.1) is 0 Å². The van der Waals surface area contributed by atoms with Crippen LogP contribution in [0.5, 0.6) is 5.75 Å². The van der Waals surface area contributed by atoms with Gasteiger partial charge in [-0.15, -0.1) is 0 Å². The number of furan rings is 1. The van der Waals surface area contributed by atoms with Gasteiger partial charge in [-0.25, -0.2) is 4.79 Å². The average Bonchev–Trinajstić information content (AvgIpc) is 3.04. The van der Waals surface area contributed by atoms with Crippen LogP contribution in [0.25, 0.3) is 34.1 Å². The van der Waals surface area contributed by atoms with Crippen LogP contribution < -0.4 is 0 Å². The lowest BCUT2D eigenvalue weighted by molar-refractivity contribution is 0.0693. The minimum atomic E-state index is -1.15. The normalized spacial score (nSPS) is 11.9. The molecular weight excluding hydrogens is 340 g/mol. The second-order valence-electron chi connectivity index (χ2n) is 6.15. The predicted octanol–water partition coefficient (Wildman–Crippen LogP) is 5.72. The molecule has 2 N–H and O–H groups in total. The second-order valence-corrected chi connectivity index (χ2v) is 6.15. The van der Waals surface area contributed by atoms with Crippen molar-refractivity contribution in [1.82, 2.24) is 0 Å². The molecule has 27 heavy (non-hydrogen) atoms. The lowest BCUT2D eigenvalue weighted by Crippen LogP contribution is -1.96. The Hall–Kier alpha value is -3.79. The molecule has 3 aromatic carbocycles. The molecule has 0 amide bonds. The standard InChI is InChI=1S/C23H16O4/c24-20-11-9-15(14-19(20)23(25)26)5-1-2-6-16-10-12-22-18(13-16)17-7-3-4-8-21(17)27-22/h1-14,24H,(H,25,26)/b5-1+,6-2+. The summed E-state index contributed by atoms with van der Waals surface area (Å²) in [6.45, 7) is 0. The Morgan fingerprint density at radius 2 is 1.48 bits per heavy atom. The highest BCUT2D eigenvalue weighted by Crippen LogP contribution is 2.29. The highest BCUT2D eigenvalue weighted by atomic mass is 16.4. The summed E-state index contributed by atoms with van der Waals surface area (Å²) in [6.07, 6.45) is 7.47. The number of carboxylic acid groups (broad SMARTS) is 1. The minimum absolute atomic E-state index is 0.113. The Morgan fingerprint density at radius 1 is 0.815 bits per heavy atom. The van der Waals surface area contributed by atoms with Crippen molar-refractivity contribution < 1.29 is 19.4 Å². The van der Waals surface area contributed by atoms with E-state index in [-0.39, 0.29) is 11.3 Å². The van der Waals surface area contributed by atoms with Crippen LogP contribution in [-0.4, -0.2) is 16.2 Å². The van der Waals surface area contributed by atoms with Gasteiger partial charge in [-0.1, -0.05) is 54.6 Å². The Kier molecular flexibility index (Phi) is 4.22. The maximum absolute atomic E-state index is 11.1. The average molecular weight is 356 g/mol. The van der Waals surface area contributed by atoms with Crippen molar-refractivity contribution in [2.75, 3.05) is 0 Å². The van der Waals surface area contributed by atoms with E-state index in [4.69, 9.17) is 9.52 Å². The number of aromatic carboxylic acids is 1. The molecule has 0 aliphatic heterocycles. The molecule has 0 fully saturated rings. The fourth-order valence-electron chi connectivity index (χ4n) is 3.01. The lowest BCUT2D eigenvalue weighted by Gasteiger charge is -2.00. The number of para-hydroxylation sites is 1. The van der Waals surface area contributed by atoms with E-state index in [2.05, 4.69) is 6.07 Å². The van der Waals surface area contributed by atoms with E-state index in [1.54, 1.807) is 12.1 Å². The van der Waals surface area contributed by atoms with Gasteiger partial charge in [0.25, 0.3) is 0 Å². The van der Waals surface area contributed by atoms with Crippen LogP contribution >= 0.6 is 0 Å². The van der Waals surface area contributed by atoms with Crippen LogP contribution in [-0.2, 0) is 0 Å². The monoisotopic (exact) mass is 356 g/mol. The third-order valence-electron chi connectivity index (χ3n) is 4.34. The Bertz CT molecular complexity index is 1210. The molecule has 4 nitrogen and oxygen atoms in total. The molecule has 0 aliphatic rings. The van der Waals surface area contributed by atoms with Gasteiger partial charge in [0.2, 0.25) is 0 Å². The second kappa shape index (κ2) is 6.84. The lowest BCUT2D eigenvalue weighted by atomic mass is 10.1. The molecule has 0 spiro atoms. The Balaban J connectivity index is 1.58. The quantitative estimate of drug-likeness (QED) is 0.459. The number of hydrogen-bond donors (Lipinski definition) is 2. The molecule has 1 heterocycles. The summed E-state index contributed by atoms with van der Waals surface area (Å²) in [5.74, 6) is -1.39. The van der Waals surface area contributed by atoms with E-state index in [1.165, 1.54) is 12.1 Å². The minimum Gasteiger partial charge on any atom is -0.507 e. The summed E-state index contributed by atoms with van der Waals surface area (Å²) >= 11 is 0. The third-order valence-corrected chi connectivity index (χ3v) is 4.34. The fraction of sp³-hybridized carbons (Fsp3) is 0. The van der Waals surface area contributed by atoms with Crippen LogP contribution in [0.1, 0.15) is 21.5 Å². The number of hydrogen-bond acceptors (Lipinski definition) is 3. The van der Waals surface area contributed by atoms with Crippen LogP contribution in [0.15, 0.2) is 77.2 Å². The van der Waals surface area contributed by atoms with Crippen molar-refractivity contribution in [3.05, 3.63) is 89.5 Å². The first-order valence-corrected chi connectivity index (χ1v) is 8.44. The number of fused-ring (bicyclic) bond motifs is 3. The largest absolute Gasteiger partial charge is 0.507 e. The van der Waals surface area contributed by atoms with Gasteiger partial charge in [0, 0.05) is 10.8 Å². The zero-order valence-corrected chi connectivity index (χ0v) is 14.3. The van der Waals surface area contributed by atoms with E-state index < -0.39 is 5.97 Å². The van der Waals surface area contributed by atoms with Crippen molar-refractivity contribution in [2.24, 2.45) is 0 Å². The van der Waals surface area contributed by atoms with Gasteiger partial charge in [0.05, 0.1) is 0 Å². The van der Waals surface area contributed by atoms with Gasteiger partial charge in [-0.3, -0.25) is 0 Å². The highest BCUT2D eigenvalue weighted by Gasteiger charge is 2.09. The fourth-order valence-corrected chi connectivity index (χ4v) is 3.01. The zero-order valence-electron chi connectivity index (χ0n) is 14.3. The summed E-state index contributed by atoms with van der Waals surface area (Å²) in [5, 5.41) is 20.7. The molecule has 4 heteroatoms. The maximum atomic E-state index is 11.1. The number of benzene rings is 3. The van der Waals surface area contributed by atoms with Crippen LogP contribution in [0.3, 0.4) is 0 Å². The van der Waals surface area contributed by atoms with Crippen molar-refractivity contribution in [1.29, 1.82) is 0 Å². The first-order chi connectivity index (χ1) is 13.1. The number of carbonyl (C=O) groups is 1. The van der Waals surface area contributed by atoms with Crippen LogP contribution in [0.2, 0.25) is 0 Å². The summed E-state index contributed by atoms with van der Waals surface area (Å²) in [5.41, 5.74) is 3.35. The number of carboxylic acids is 1. The maximum Gasteiger partial charge on any atom is 0.339 e. The number of rotatable bonds is 4. The van der Waals surface area contributed by atoms with Gasteiger partial charge in [0.15, 0.2) is 0 Å². The molecule has 4 rings (SSSR count). The Morgan fingerprint density at radius 3 is 2.26 bits per heavy atom. The first-order valence-electron chi connectivity index (χ1n) is 8.44. The van der Waals surface area contributed by atoms with Crippen molar-refractivity contribution in [3.63, 3.8) is 0 Å². The number of phenols is 1. The third kappa shape index (κ3) is 3.33. The van der Waals surface area contributed by atoms with E-state index in [0.717, 1.165) is 27.5 Å². The van der Waals surface area contributed by atoms with E-state index in [0.29, 0.717) is 5.56 Å². The summed E-state index contributed by atoms with van der Waals surface area (Å²) in [6, 6.07) is 18.4. The molecule has 0 bridgehead atoms. The SMILES string of the molecule is O=C(O)c1cc(/C=C/C=C/c2ccc3oc4ccccc4c3c2)ccc1O. The molecule has 0 aliphatic carbocycles. The topological polar surface area (TPSA) is 70.7 Å². The summed E-state index contributed by atoms with van der Waals surface area (Å²) in [7, 11) is 0. The predicted molar refractivity (Wildman–Crippen MR) is 107 cm³/mol. The van der Waals surface area contributed by atoms with Crippen molar-refractivity contribution in [3.8, 4) is 5.75 Å². The van der Waals surface area contributed by atoms with E-state index >= 15 is 0 Å². The molecular formula is C23H16O4. The van der Waals surface area contributed by atoms with Crippen molar-refractivity contribution >= 4 is 40.1 Å². The summed E-state index contributed by atoms with van der Waals surface area (Å²) < 4.78 is 5.82. The molecule has 0 radical (unpaired) electrons. The number of aromatic hydroxyl groups is 1. The molecule has 0 unspecified atom stereocenters. The molecule has 0 saturated carbocycles. The molecule has 132 valence electrons. The van der Waals surface area contributed by atoms with E-state index in [1.807, 2.05) is 54.6 Å². The van der Waals surface area contributed by atoms with Crippen LogP contribution in [0.4, 0.5) is 0 Å². The van der Waals surface area contributed by atoms with Gasteiger partial charge >= 0.3 is 5.97 Å². The van der Waals surface area contributed by atoms with Gasteiger partial charge in [-0.2, -0.15) is 0 Å². The smallest absolute Gasteiger partial charge is 0.339 e. The highest BCUT2D eigenvalue weighted by molar-refractivity contribution is 6.05. The van der Waals surface area contributed by atoms with Gasteiger partial charge in [0.1, 0.15) is 22.5 Å². The van der Waals surface area contributed by atoms with Crippen molar-refractivity contribution in [2.45, 2.75) is 0 Å². The molecule has 0 atom stereocenters.